The van der Waals surface area contributed by atoms with E-state index >= 15 is 0 Å². The second-order valence-corrected chi connectivity index (χ2v) is 12.0. The van der Waals surface area contributed by atoms with Crippen LogP contribution in [0.3, 0.4) is 0 Å². The van der Waals surface area contributed by atoms with Crippen LogP contribution in [0.1, 0.15) is 36.8 Å². The fourth-order valence-electron chi connectivity index (χ4n) is 6.10. The van der Waals surface area contributed by atoms with Crippen molar-refractivity contribution in [2.45, 2.75) is 38.8 Å². The molecule has 1 aromatic rings. The fourth-order valence-corrected chi connectivity index (χ4v) is 6.10. The lowest BCUT2D eigenvalue weighted by Crippen LogP contribution is -2.48. The van der Waals surface area contributed by atoms with Crippen molar-refractivity contribution in [1.82, 2.24) is 40.4 Å². The molecule has 222 valence electrons. The number of benzene rings is 1. The van der Waals surface area contributed by atoms with E-state index in [0.717, 1.165) is 78.5 Å². The zero-order chi connectivity index (χ0) is 27.0. The number of nitrogens with zero attached hydrogens (tertiary/aromatic N) is 5. The number of piperazine rings is 1. The van der Waals surface area contributed by atoms with Crippen molar-refractivity contribution in [2.24, 2.45) is 0 Å². The molecule has 0 spiro atoms. The van der Waals surface area contributed by atoms with E-state index in [1.165, 1.54) is 89.2 Å². The van der Waals surface area contributed by atoms with Crippen LogP contribution in [0.25, 0.3) is 0 Å². The largest absolute Gasteiger partial charge is 0.315 e. The smallest absolute Gasteiger partial charge is 0.0234 e. The molecule has 3 N–H and O–H groups in total. The maximum absolute atomic E-state index is 3.64. The molecular formula is C31H58N8. The van der Waals surface area contributed by atoms with Crippen LogP contribution in [0.4, 0.5) is 0 Å². The molecule has 0 saturated carbocycles. The maximum atomic E-state index is 3.64. The molecule has 2 bridgehead atoms. The fraction of sp³-hybridized carbons (Fsp3) is 0.806. The molecule has 39 heavy (non-hydrogen) atoms. The molecule has 4 heterocycles. The van der Waals surface area contributed by atoms with E-state index in [-0.39, 0.29) is 0 Å². The standard InChI is InChI=1S/C31H58N8/c1-35-16-4-18-36-24-26-37(27-25-36)19-5-20-39(23-22-35)29-31-8-6-30(7-9-31)28-38-17-3-12-33-14-13-32-10-2-11-34-15-21-38/h6-9,32-34H,2-5,10-29H2,1H3. The Bertz CT molecular complexity index is 737. The van der Waals surface area contributed by atoms with Gasteiger partial charge in [0.1, 0.15) is 0 Å². The van der Waals surface area contributed by atoms with Crippen LogP contribution < -0.4 is 16.0 Å². The molecule has 4 fully saturated rings. The Morgan fingerprint density at radius 1 is 0.462 bits per heavy atom. The molecule has 0 aromatic heterocycles. The van der Waals surface area contributed by atoms with E-state index in [1.54, 1.807) is 0 Å². The van der Waals surface area contributed by atoms with Gasteiger partial charge in [-0.15, -0.1) is 0 Å². The quantitative estimate of drug-likeness (QED) is 0.525. The lowest BCUT2D eigenvalue weighted by molar-refractivity contribution is 0.115. The monoisotopic (exact) mass is 542 g/mol. The number of nitrogens with one attached hydrogen (secondary N) is 3. The zero-order valence-corrected chi connectivity index (χ0v) is 25.0. The van der Waals surface area contributed by atoms with E-state index in [0.29, 0.717) is 0 Å². The predicted octanol–water partition coefficient (Wildman–Crippen LogP) is 1.20. The highest BCUT2D eigenvalue weighted by Gasteiger charge is 2.18. The Hall–Kier alpha value is -1.10. The highest BCUT2D eigenvalue weighted by Crippen LogP contribution is 2.12. The summed E-state index contributed by atoms with van der Waals surface area (Å²) < 4.78 is 0. The Morgan fingerprint density at radius 3 is 1.62 bits per heavy atom. The minimum absolute atomic E-state index is 1.05. The summed E-state index contributed by atoms with van der Waals surface area (Å²) in [6.07, 6.45) is 4.97. The lowest BCUT2D eigenvalue weighted by atomic mass is 10.1. The predicted molar refractivity (Wildman–Crippen MR) is 164 cm³/mol. The van der Waals surface area contributed by atoms with Crippen molar-refractivity contribution in [2.75, 3.05) is 125 Å². The number of rotatable bonds is 4. The summed E-state index contributed by atoms with van der Waals surface area (Å²) in [6, 6.07) is 9.54. The van der Waals surface area contributed by atoms with Crippen molar-refractivity contribution in [1.29, 1.82) is 0 Å². The Kier molecular flexibility index (Phi) is 14.5. The maximum Gasteiger partial charge on any atom is 0.0234 e. The van der Waals surface area contributed by atoms with E-state index in [2.05, 4.69) is 71.8 Å². The first-order valence-corrected chi connectivity index (χ1v) is 16.0. The minimum Gasteiger partial charge on any atom is -0.315 e. The van der Waals surface area contributed by atoms with Crippen LogP contribution in [-0.4, -0.2) is 149 Å². The van der Waals surface area contributed by atoms with Gasteiger partial charge in [0.15, 0.2) is 0 Å². The molecule has 0 aliphatic carbocycles. The summed E-state index contributed by atoms with van der Waals surface area (Å²) in [4.78, 5) is 13.2. The molecule has 8 nitrogen and oxygen atoms in total. The molecule has 4 aliphatic heterocycles. The highest BCUT2D eigenvalue weighted by molar-refractivity contribution is 5.22. The second-order valence-electron chi connectivity index (χ2n) is 12.0. The van der Waals surface area contributed by atoms with E-state index in [9.17, 15) is 0 Å². The highest BCUT2D eigenvalue weighted by atomic mass is 15.3. The van der Waals surface area contributed by atoms with Crippen molar-refractivity contribution >= 4 is 0 Å². The van der Waals surface area contributed by atoms with Gasteiger partial charge in [0.05, 0.1) is 0 Å². The third-order valence-corrected chi connectivity index (χ3v) is 8.68. The second kappa shape index (κ2) is 18.4. The minimum atomic E-state index is 1.05. The van der Waals surface area contributed by atoms with Gasteiger partial charge in [-0.2, -0.15) is 0 Å². The van der Waals surface area contributed by atoms with Crippen LogP contribution in [-0.2, 0) is 13.1 Å². The molecule has 1 aromatic carbocycles. The number of hydrogen-bond acceptors (Lipinski definition) is 8. The molecule has 0 amide bonds. The number of likely N-dealkylation sites (N-methyl/N-ethyl adjacent to an activating group) is 1. The molecule has 0 atom stereocenters. The zero-order valence-electron chi connectivity index (χ0n) is 25.0. The van der Waals surface area contributed by atoms with Gasteiger partial charge in [-0.25, -0.2) is 0 Å². The molecular weight excluding hydrogens is 484 g/mol. The Morgan fingerprint density at radius 2 is 0.974 bits per heavy atom. The van der Waals surface area contributed by atoms with Gasteiger partial charge < -0.3 is 30.7 Å². The number of fused-ring (bicyclic) bond motifs is 11. The molecule has 0 unspecified atom stereocenters. The third kappa shape index (κ3) is 12.5. The Balaban J connectivity index is 1.26. The normalized spacial score (nSPS) is 27.5. The molecule has 5 rings (SSSR count). The van der Waals surface area contributed by atoms with Crippen LogP contribution in [0, 0.1) is 0 Å². The summed E-state index contributed by atoms with van der Waals surface area (Å²) in [7, 11) is 2.31. The first-order chi connectivity index (χ1) is 19.2. The van der Waals surface area contributed by atoms with Gasteiger partial charge in [0.2, 0.25) is 0 Å². The van der Waals surface area contributed by atoms with E-state index < -0.39 is 0 Å². The van der Waals surface area contributed by atoms with Crippen LogP contribution in [0.2, 0.25) is 0 Å². The van der Waals surface area contributed by atoms with Crippen LogP contribution >= 0.6 is 0 Å². The van der Waals surface area contributed by atoms with E-state index in [4.69, 9.17) is 0 Å². The first kappa shape index (κ1) is 30.8. The lowest BCUT2D eigenvalue weighted by Gasteiger charge is -2.36. The van der Waals surface area contributed by atoms with Gasteiger partial charge in [-0.05, 0) is 96.2 Å². The molecule has 0 radical (unpaired) electrons. The first-order valence-electron chi connectivity index (χ1n) is 16.0. The molecule has 8 heteroatoms. The van der Waals surface area contributed by atoms with Crippen molar-refractivity contribution in [3.05, 3.63) is 35.4 Å². The molecule has 4 aliphatic rings. The summed E-state index contributed by atoms with van der Waals surface area (Å²) in [5, 5.41) is 10.8. The Labute approximate surface area is 239 Å². The van der Waals surface area contributed by atoms with Crippen molar-refractivity contribution in [3.63, 3.8) is 0 Å². The van der Waals surface area contributed by atoms with Gasteiger partial charge in [0, 0.05) is 78.5 Å². The van der Waals surface area contributed by atoms with E-state index in [1.807, 2.05) is 0 Å². The summed E-state index contributed by atoms with van der Waals surface area (Å²) in [5.41, 5.74) is 2.90. The summed E-state index contributed by atoms with van der Waals surface area (Å²) in [6.45, 7) is 23.1. The van der Waals surface area contributed by atoms with Crippen molar-refractivity contribution < 1.29 is 0 Å². The SMILES string of the molecule is CN1CCCN2CCN(CCCN(Cc3ccc(CN4CCCNCCNCCCNCC4)cc3)CC1)CC2. The van der Waals surface area contributed by atoms with Crippen molar-refractivity contribution in [3.8, 4) is 0 Å². The summed E-state index contributed by atoms with van der Waals surface area (Å²) in [5.74, 6) is 0. The average molecular weight is 543 g/mol. The van der Waals surface area contributed by atoms with Gasteiger partial charge in [-0.3, -0.25) is 9.80 Å². The number of hydrogen-bond donors (Lipinski definition) is 3. The van der Waals surface area contributed by atoms with Crippen LogP contribution in [0.15, 0.2) is 24.3 Å². The average Bonchev–Trinajstić information content (AvgIpc) is 2.95. The third-order valence-electron chi connectivity index (χ3n) is 8.68. The summed E-state index contributed by atoms with van der Waals surface area (Å²) >= 11 is 0. The molecule has 4 saturated heterocycles. The topological polar surface area (TPSA) is 52.3 Å². The van der Waals surface area contributed by atoms with Gasteiger partial charge in [-0.1, -0.05) is 24.3 Å². The van der Waals surface area contributed by atoms with Crippen LogP contribution in [0.5, 0.6) is 0 Å². The van der Waals surface area contributed by atoms with Gasteiger partial charge >= 0.3 is 0 Å². The van der Waals surface area contributed by atoms with Gasteiger partial charge in [0.25, 0.3) is 0 Å².